The van der Waals surface area contributed by atoms with Crippen molar-refractivity contribution in [3.63, 3.8) is 0 Å². The number of carbonyl (C=O) groups excluding carboxylic acids is 1. The molecule has 3 rings (SSSR count). The maximum absolute atomic E-state index is 11.4. The van der Waals surface area contributed by atoms with Crippen LogP contribution >= 0.6 is 28.3 Å². The quantitative estimate of drug-likeness (QED) is 0.641. The minimum atomic E-state index is -0.335. The van der Waals surface area contributed by atoms with Gasteiger partial charge in [-0.2, -0.15) is 0 Å². The van der Waals surface area contributed by atoms with E-state index in [1.807, 2.05) is 29.6 Å². The van der Waals surface area contributed by atoms with E-state index in [0.717, 1.165) is 21.8 Å². The van der Waals surface area contributed by atoms with Crippen LogP contribution in [-0.4, -0.2) is 23.0 Å². The van der Waals surface area contributed by atoms with Gasteiger partial charge in [-0.15, -0.1) is 28.3 Å². The van der Waals surface area contributed by atoms with Crippen molar-refractivity contribution < 1.29 is 9.53 Å². The number of carbonyl (C=O) groups is 1. The number of hydrogen-bond donors (Lipinski definition) is 0. The van der Waals surface area contributed by atoms with Crippen LogP contribution in [0.5, 0.6) is 0 Å². The van der Waals surface area contributed by atoms with E-state index < -0.39 is 0 Å². The Morgan fingerprint density at radius 3 is 2.36 bits per heavy atom. The second-order valence-corrected chi connectivity index (χ2v) is 5.20. The Bertz CT molecular complexity index is 757. The van der Waals surface area contributed by atoms with Gasteiger partial charge in [0.05, 0.1) is 18.4 Å². The lowest BCUT2D eigenvalue weighted by atomic mass is 10.1. The second kappa shape index (κ2) is 7.29. The Morgan fingerprint density at radius 2 is 1.73 bits per heavy atom. The van der Waals surface area contributed by atoms with Crippen LogP contribution in [-0.2, 0) is 4.74 Å². The van der Waals surface area contributed by atoms with Gasteiger partial charge in [-0.25, -0.2) is 9.78 Å². The highest BCUT2D eigenvalue weighted by molar-refractivity contribution is 8.93. The zero-order valence-corrected chi connectivity index (χ0v) is 14.3. The minimum absolute atomic E-state index is 0. The monoisotopic (exact) mass is 376 g/mol. The molecule has 0 aliphatic carbocycles. The van der Waals surface area contributed by atoms with E-state index in [-0.39, 0.29) is 23.0 Å². The van der Waals surface area contributed by atoms with Crippen LogP contribution in [0.4, 0.5) is 0 Å². The molecule has 0 aliphatic rings. The number of hydrogen-bond acceptors (Lipinski definition) is 5. The number of pyridine rings is 1. The van der Waals surface area contributed by atoms with Gasteiger partial charge in [0.2, 0.25) is 0 Å². The molecule has 2 aromatic heterocycles. The molecule has 0 N–H and O–H groups in total. The van der Waals surface area contributed by atoms with Gasteiger partial charge in [0, 0.05) is 28.9 Å². The smallest absolute Gasteiger partial charge is 0.337 e. The molecule has 0 fully saturated rings. The summed E-state index contributed by atoms with van der Waals surface area (Å²) in [5.41, 5.74) is 3.48. The molecule has 0 bridgehead atoms. The van der Waals surface area contributed by atoms with Gasteiger partial charge < -0.3 is 4.74 Å². The molecule has 4 nitrogen and oxygen atoms in total. The molecule has 2 heterocycles. The first kappa shape index (κ1) is 16.3. The number of nitrogens with zero attached hydrogens (tertiary/aromatic N) is 2. The summed E-state index contributed by atoms with van der Waals surface area (Å²) < 4.78 is 4.69. The third-order valence-electron chi connectivity index (χ3n) is 3.03. The maximum Gasteiger partial charge on any atom is 0.337 e. The van der Waals surface area contributed by atoms with E-state index in [0.29, 0.717) is 5.56 Å². The Balaban J connectivity index is 0.00000176. The number of ether oxygens (including phenoxy) is 1. The van der Waals surface area contributed by atoms with E-state index in [9.17, 15) is 4.79 Å². The Morgan fingerprint density at radius 1 is 1.05 bits per heavy atom. The number of aromatic nitrogens is 2. The van der Waals surface area contributed by atoms with Gasteiger partial charge >= 0.3 is 5.97 Å². The van der Waals surface area contributed by atoms with Crippen molar-refractivity contribution in [3.05, 3.63) is 59.7 Å². The lowest BCUT2D eigenvalue weighted by Gasteiger charge is -2.00. The van der Waals surface area contributed by atoms with E-state index >= 15 is 0 Å². The fourth-order valence-corrected chi connectivity index (χ4v) is 2.76. The summed E-state index contributed by atoms with van der Waals surface area (Å²) in [4.78, 5) is 20.0. The predicted molar refractivity (Wildman–Crippen MR) is 92.4 cm³/mol. The normalized spacial score (nSPS) is 9.86. The van der Waals surface area contributed by atoms with Crippen LogP contribution in [0.15, 0.2) is 54.2 Å². The molecule has 0 atom stereocenters. The number of esters is 1. The predicted octanol–water partition coefficient (Wildman–Crippen LogP) is 4.24. The standard InChI is InChI=1S/C16H12N2O2S.BrH/c1-20-16(19)13-4-2-12(3-5-13)15-18-14(10-21-15)11-6-8-17-9-7-11;/h2-10H,1H3;1H. The molecule has 112 valence electrons. The second-order valence-electron chi connectivity index (χ2n) is 4.34. The molecule has 0 radical (unpaired) electrons. The molecule has 0 saturated heterocycles. The molecule has 6 heteroatoms. The topological polar surface area (TPSA) is 52.1 Å². The van der Waals surface area contributed by atoms with Crippen molar-refractivity contribution in [2.45, 2.75) is 0 Å². The van der Waals surface area contributed by atoms with Crippen molar-refractivity contribution in [3.8, 4) is 21.8 Å². The van der Waals surface area contributed by atoms with Gasteiger partial charge in [0.25, 0.3) is 0 Å². The van der Waals surface area contributed by atoms with Crippen LogP contribution in [0.25, 0.3) is 21.8 Å². The summed E-state index contributed by atoms with van der Waals surface area (Å²) in [7, 11) is 1.37. The Labute approximate surface area is 142 Å². The number of thiazole rings is 1. The molecule has 3 aromatic rings. The van der Waals surface area contributed by atoms with Crippen molar-refractivity contribution in [1.82, 2.24) is 9.97 Å². The zero-order valence-electron chi connectivity index (χ0n) is 11.7. The fourth-order valence-electron chi connectivity index (χ4n) is 1.93. The van der Waals surface area contributed by atoms with E-state index in [1.165, 1.54) is 7.11 Å². The SMILES string of the molecule is Br.COC(=O)c1ccc(-c2nc(-c3ccncc3)cs2)cc1. The average molecular weight is 377 g/mol. The molecule has 0 aliphatic heterocycles. The highest BCUT2D eigenvalue weighted by Gasteiger charge is 2.09. The van der Waals surface area contributed by atoms with Crippen LogP contribution in [0, 0.1) is 0 Å². The summed E-state index contributed by atoms with van der Waals surface area (Å²) in [5.74, 6) is -0.335. The molecular weight excluding hydrogens is 364 g/mol. The van der Waals surface area contributed by atoms with Gasteiger partial charge in [0.1, 0.15) is 5.01 Å². The summed E-state index contributed by atoms with van der Waals surface area (Å²) in [5, 5.41) is 2.93. The summed E-state index contributed by atoms with van der Waals surface area (Å²) in [6, 6.07) is 11.1. The molecule has 1 aromatic carbocycles. The minimum Gasteiger partial charge on any atom is -0.465 e. The number of halogens is 1. The summed E-state index contributed by atoms with van der Waals surface area (Å²) in [6.45, 7) is 0. The van der Waals surface area contributed by atoms with Gasteiger partial charge in [-0.1, -0.05) is 12.1 Å². The first-order chi connectivity index (χ1) is 10.3. The van der Waals surface area contributed by atoms with Crippen LogP contribution < -0.4 is 0 Å². The van der Waals surface area contributed by atoms with Gasteiger partial charge in [-0.05, 0) is 24.3 Å². The lowest BCUT2D eigenvalue weighted by molar-refractivity contribution is 0.0601. The van der Waals surface area contributed by atoms with Gasteiger partial charge in [-0.3, -0.25) is 4.98 Å². The maximum atomic E-state index is 11.4. The van der Waals surface area contributed by atoms with Crippen molar-refractivity contribution in [2.75, 3.05) is 7.11 Å². The van der Waals surface area contributed by atoms with E-state index in [4.69, 9.17) is 0 Å². The average Bonchev–Trinajstić information content (AvgIpc) is 3.05. The molecular formula is C16H13BrN2O2S. The third-order valence-corrected chi connectivity index (χ3v) is 3.92. The molecule has 22 heavy (non-hydrogen) atoms. The van der Waals surface area contributed by atoms with Crippen molar-refractivity contribution in [2.24, 2.45) is 0 Å². The van der Waals surface area contributed by atoms with Crippen LogP contribution in [0.2, 0.25) is 0 Å². The molecule has 0 unspecified atom stereocenters. The fraction of sp³-hybridized carbons (Fsp3) is 0.0625. The van der Waals surface area contributed by atoms with Crippen LogP contribution in [0.3, 0.4) is 0 Å². The van der Waals surface area contributed by atoms with E-state index in [1.54, 1.807) is 35.9 Å². The zero-order chi connectivity index (χ0) is 14.7. The molecule has 0 spiro atoms. The number of rotatable bonds is 3. The van der Waals surface area contributed by atoms with E-state index in [2.05, 4.69) is 14.7 Å². The highest BCUT2D eigenvalue weighted by atomic mass is 79.9. The first-order valence-electron chi connectivity index (χ1n) is 6.32. The van der Waals surface area contributed by atoms with Crippen molar-refractivity contribution >= 4 is 34.3 Å². The first-order valence-corrected chi connectivity index (χ1v) is 7.20. The Hall–Kier alpha value is -2.05. The number of methoxy groups -OCH3 is 1. The molecule has 0 saturated carbocycles. The van der Waals surface area contributed by atoms with Gasteiger partial charge in [0.15, 0.2) is 0 Å². The largest absolute Gasteiger partial charge is 0.465 e. The summed E-state index contributed by atoms with van der Waals surface area (Å²) >= 11 is 1.57. The van der Waals surface area contributed by atoms with Crippen LogP contribution in [0.1, 0.15) is 10.4 Å². The highest BCUT2D eigenvalue weighted by Crippen LogP contribution is 2.28. The lowest BCUT2D eigenvalue weighted by Crippen LogP contribution is -2.00. The van der Waals surface area contributed by atoms with Crippen molar-refractivity contribution in [1.29, 1.82) is 0 Å². The summed E-state index contributed by atoms with van der Waals surface area (Å²) in [6.07, 6.45) is 3.50. The third kappa shape index (κ3) is 3.40. The number of benzene rings is 1. The Kier molecular flexibility index (Phi) is 5.41. The molecule has 0 amide bonds.